The summed E-state index contributed by atoms with van der Waals surface area (Å²) in [7, 11) is 0. The van der Waals surface area contributed by atoms with Gasteiger partial charge in [0, 0.05) is 0 Å². The van der Waals surface area contributed by atoms with Gasteiger partial charge in [0.2, 0.25) is 10.2 Å². The molecule has 0 aromatic rings. The number of alkyl halides is 2. The Labute approximate surface area is 86.7 Å². The van der Waals surface area contributed by atoms with Gasteiger partial charge < -0.3 is 0 Å². The van der Waals surface area contributed by atoms with Gasteiger partial charge in [0.15, 0.2) is 0 Å². The van der Waals surface area contributed by atoms with Gasteiger partial charge in [-0.3, -0.25) is 9.59 Å². The molecule has 0 bridgehead atoms. The van der Waals surface area contributed by atoms with E-state index >= 15 is 0 Å². The lowest BCUT2D eigenvalue weighted by molar-refractivity contribution is -0.112. The van der Waals surface area contributed by atoms with Gasteiger partial charge in [0.25, 0.3) is 0 Å². The summed E-state index contributed by atoms with van der Waals surface area (Å²) in [5, 5.41) is -0.303. The summed E-state index contributed by atoms with van der Waals surface area (Å²) in [5.41, 5.74) is 0. The van der Waals surface area contributed by atoms with Gasteiger partial charge in [-0.15, -0.1) is 0 Å². The second-order valence-electron chi connectivity index (χ2n) is 1.97. The Morgan fingerprint density at radius 2 is 1.36 bits per heavy atom. The van der Waals surface area contributed by atoms with E-state index in [1.807, 2.05) is 0 Å². The van der Waals surface area contributed by atoms with Crippen LogP contribution in [0.5, 0.6) is 0 Å². The minimum atomic E-state index is -0.261. The van der Waals surface area contributed by atoms with E-state index in [9.17, 15) is 9.59 Å². The first-order chi connectivity index (χ1) is 4.95. The van der Waals surface area contributed by atoms with E-state index < -0.39 is 0 Å². The maximum atomic E-state index is 10.9. The standard InChI is InChI=1S/C6H8Br2O2S/c1-3(7)5(9)11-6(10)4(2)8/h3-4H,1-2H3. The predicted molar refractivity (Wildman–Crippen MR) is 54.4 cm³/mol. The summed E-state index contributed by atoms with van der Waals surface area (Å²) in [4.78, 5) is 21.3. The molecule has 0 saturated heterocycles. The van der Waals surface area contributed by atoms with E-state index in [0.717, 1.165) is 11.8 Å². The van der Waals surface area contributed by atoms with Crippen LogP contribution in [0, 0.1) is 0 Å². The Morgan fingerprint density at radius 3 is 1.55 bits per heavy atom. The molecule has 0 fully saturated rings. The van der Waals surface area contributed by atoms with Crippen molar-refractivity contribution in [3.05, 3.63) is 0 Å². The Morgan fingerprint density at radius 1 is 1.09 bits per heavy atom. The molecule has 0 aliphatic heterocycles. The van der Waals surface area contributed by atoms with Gasteiger partial charge in [-0.05, 0) is 25.6 Å². The molecule has 0 aromatic carbocycles. The van der Waals surface area contributed by atoms with Crippen molar-refractivity contribution in [1.29, 1.82) is 0 Å². The smallest absolute Gasteiger partial charge is 0.209 e. The average Bonchev–Trinajstić information content (AvgIpc) is 1.87. The fourth-order valence-electron chi connectivity index (χ4n) is 0.262. The van der Waals surface area contributed by atoms with Gasteiger partial charge in [0.05, 0.1) is 9.65 Å². The van der Waals surface area contributed by atoms with E-state index in [4.69, 9.17) is 0 Å². The van der Waals surface area contributed by atoms with Gasteiger partial charge in [-0.25, -0.2) is 0 Å². The van der Waals surface area contributed by atoms with Crippen LogP contribution in [0.25, 0.3) is 0 Å². The van der Waals surface area contributed by atoms with Gasteiger partial charge in [0.1, 0.15) is 0 Å². The summed E-state index contributed by atoms with van der Waals surface area (Å²) in [6.07, 6.45) is 0. The molecule has 2 atom stereocenters. The summed E-state index contributed by atoms with van der Waals surface area (Å²) < 4.78 is 0. The number of hydrogen-bond acceptors (Lipinski definition) is 3. The monoisotopic (exact) mass is 302 g/mol. The molecular weight excluding hydrogens is 296 g/mol. The highest BCUT2D eigenvalue weighted by atomic mass is 79.9. The minimum Gasteiger partial charge on any atom is -0.285 e. The lowest BCUT2D eigenvalue weighted by Crippen LogP contribution is -2.13. The molecule has 0 amide bonds. The molecule has 0 aromatic heterocycles. The molecule has 2 unspecified atom stereocenters. The fraction of sp³-hybridized carbons (Fsp3) is 0.667. The normalized spacial score (nSPS) is 15.6. The summed E-state index contributed by atoms with van der Waals surface area (Å²) >= 11 is 6.90. The predicted octanol–water partition coefficient (Wildman–Crippen LogP) is 2.34. The third-order valence-electron chi connectivity index (χ3n) is 0.851. The minimum absolute atomic E-state index is 0.152. The first-order valence-corrected chi connectivity index (χ1v) is 5.63. The molecule has 0 saturated carbocycles. The topological polar surface area (TPSA) is 34.1 Å². The largest absolute Gasteiger partial charge is 0.285 e. The number of hydrogen-bond donors (Lipinski definition) is 0. The van der Waals surface area contributed by atoms with Gasteiger partial charge in [-0.2, -0.15) is 0 Å². The van der Waals surface area contributed by atoms with Crippen molar-refractivity contribution in [1.82, 2.24) is 0 Å². The zero-order chi connectivity index (χ0) is 9.02. The van der Waals surface area contributed by atoms with Crippen LogP contribution in [0.2, 0.25) is 0 Å². The van der Waals surface area contributed by atoms with Crippen molar-refractivity contribution < 1.29 is 9.59 Å². The summed E-state index contributed by atoms with van der Waals surface area (Å²) in [6.45, 7) is 3.39. The molecular formula is C6H8Br2O2S. The molecule has 0 aliphatic rings. The number of carbonyl (C=O) groups is 2. The van der Waals surface area contributed by atoms with Gasteiger partial charge >= 0.3 is 0 Å². The average molecular weight is 304 g/mol. The highest BCUT2D eigenvalue weighted by molar-refractivity contribution is 9.10. The number of thioether (sulfide) groups is 1. The van der Waals surface area contributed by atoms with Crippen LogP contribution in [0.3, 0.4) is 0 Å². The highest BCUT2D eigenvalue weighted by Crippen LogP contribution is 2.17. The van der Waals surface area contributed by atoms with Gasteiger partial charge in [-0.1, -0.05) is 31.9 Å². The maximum Gasteiger partial charge on any atom is 0.209 e. The van der Waals surface area contributed by atoms with E-state index in [0.29, 0.717) is 0 Å². The molecule has 2 nitrogen and oxygen atoms in total. The molecule has 0 heterocycles. The lowest BCUT2D eigenvalue weighted by Gasteiger charge is -2.01. The van der Waals surface area contributed by atoms with Crippen LogP contribution in [-0.4, -0.2) is 19.9 Å². The first-order valence-electron chi connectivity index (χ1n) is 2.98. The Kier molecular flexibility index (Phi) is 5.64. The third-order valence-corrected chi connectivity index (χ3v) is 3.40. The van der Waals surface area contributed by atoms with Crippen LogP contribution in [0.1, 0.15) is 13.8 Å². The second kappa shape index (κ2) is 5.32. The number of halogens is 2. The molecule has 11 heavy (non-hydrogen) atoms. The molecule has 0 rings (SSSR count). The SMILES string of the molecule is CC(Br)C(=O)SC(=O)C(C)Br. The Hall–Kier alpha value is 0.650. The van der Waals surface area contributed by atoms with Crippen molar-refractivity contribution in [2.45, 2.75) is 23.5 Å². The van der Waals surface area contributed by atoms with E-state index in [1.54, 1.807) is 13.8 Å². The number of carbonyl (C=O) groups excluding carboxylic acids is 2. The second-order valence-corrected chi connectivity index (χ2v) is 5.73. The van der Waals surface area contributed by atoms with Crippen LogP contribution in [0.15, 0.2) is 0 Å². The Balaban J connectivity index is 3.86. The summed E-state index contributed by atoms with van der Waals surface area (Å²) in [6, 6.07) is 0. The molecule has 5 heteroatoms. The van der Waals surface area contributed by atoms with E-state index in [-0.39, 0.29) is 19.9 Å². The Bertz CT molecular complexity index is 150. The number of rotatable bonds is 2. The van der Waals surface area contributed by atoms with Crippen molar-refractivity contribution in [2.75, 3.05) is 0 Å². The summed E-state index contributed by atoms with van der Waals surface area (Å²) in [5.74, 6) is 0. The zero-order valence-corrected chi connectivity index (χ0v) is 10.1. The highest BCUT2D eigenvalue weighted by Gasteiger charge is 2.18. The quantitative estimate of drug-likeness (QED) is 0.734. The van der Waals surface area contributed by atoms with Crippen LogP contribution in [-0.2, 0) is 9.59 Å². The first kappa shape index (κ1) is 11.6. The van der Waals surface area contributed by atoms with Crippen LogP contribution in [0.4, 0.5) is 0 Å². The van der Waals surface area contributed by atoms with Crippen LogP contribution >= 0.6 is 43.6 Å². The van der Waals surface area contributed by atoms with Crippen molar-refractivity contribution in [3.63, 3.8) is 0 Å². The van der Waals surface area contributed by atoms with E-state index in [2.05, 4.69) is 31.9 Å². The van der Waals surface area contributed by atoms with Crippen LogP contribution < -0.4 is 0 Å². The third kappa shape index (κ3) is 4.98. The molecule has 0 radical (unpaired) electrons. The molecule has 0 spiro atoms. The molecule has 0 N–H and O–H groups in total. The van der Waals surface area contributed by atoms with Crippen molar-refractivity contribution in [2.24, 2.45) is 0 Å². The maximum absolute atomic E-state index is 10.9. The molecule has 64 valence electrons. The fourth-order valence-corrected chi connectivity index (χ4v) is 1.35. The van der Waals surface area contributed by atoms with E-state index in [1.165, 1.54) is 0 Å². The van der Waals surface area contributed by atoms with Crippen molar-refractivity contribution in [3.8, 4) is 0 Å². The zero-order valence-electron chi connectivity index (χ0n) is 6.14. The molecule has 0 aliphatic carbocycles. The van der Waals surface area contributed by atoms with Crippen molar-refractivity contribution >= 4 is 53.9 Å². The lowest BCUT2D eigenvalue weighted by atomic mass is 10.5.